The molecule has 124 valence electrons. The van der Waals surface area contributed by atoms with E-state index in [0.29, 0.717) is 23.4 Å². The van der Waals surface area contributed by atoms with Crippen LogP contribution in [0.25, 0.3) is 11.3 Å². The molecule has 0 aromatic carbocycles. The van der Waals surface area contributed by atoms with Gasteiger partial charge in [0.1, 0.15) is 5.76 Å². The number of hydrogen-bond donors (Lipinski definition) is 1. The van der Waals surface area contributed by atoms with Crippen LogP contribution >= 0.6 is 18.9 Å². The molecule has 1 aliphatic heterocycles. The lowest BCUT2D eigenvalue weighted by atomic mass is 10.1. The molecule has 3 rings (SSSR count). The Morgan fingerprint density at radius 2 is 2.39 bits per heavy atom. The highest BCUT2D eigenvalue weighted by molar-refractivity contribution is 7.61. The van der Waals surface area contributed by atoms with Gasteiger partial charge in [-0.2, -0.15) is 0 Å². The van der Waals surface area contributed by atoms with Crippen molar-refractivity contribution in [1.82, 2.24) is 4.98 Å². The Balaban J connectivity index is 1.94. The van der Waals surface area contributed by atoms with Crippen molar-refractivity contribution in [3.8, 4) is 11.3 Å². The summed E-state index contributed by atoms with van der Waals surface area (Å²) in [6.07, 6.45) is 0.448. The number of esters is 1. The van der Waals surface area contributed by atoms with Crippen LogP contribution in [0.1, 0.15) is 17.7 Å². The number of aryl methyl sites for hydroxylation is 1. The Bertz CT molecular complexity index is 782. The molecule has 0 saturated heterocycles. The normalized spacial score (nSPS) is 24.0. The molecule has 1 aliphatic rings. The van der Waals surface area contributed by atoms with Crippen molar-refractivity contribution in [2.24, 2.45) is 5.92 Å². The molecular weight excluding hydrogens is 341 g/mol. The van der Waals surface area contributed by atoms with Crippen molar-refractivity contribution < 1.29 is 27.9 Å². The van der Waals surface area contributed by atoms with Gasteiger partial charge in [-0.25, -0.2) is 4.98 Å². The number of furan rings is 1. The van der Waals surface area contributed by atoms with E-state index in [-0.39, 0.29) is 24.6 Å². The standard InChI is InChI=1S/C14H16NO6PS/c1-8-15-13(7-23-8)12-4-11-3-10(5-19-9(2)16)6-20-22(17,18)14(12)21-11/h4,7,10H,3,5-6H2,1-2H3,(H,17,18). The summed E-state index contributed by atoms with van der Waals surface area (Å²) in [5, 5.41) is 2.66. The monoisotopic (exact) mass is 357 g/mol. The quantitative estimate of drug-likeness (QED) is 0.664. The summed E-state index contributed by atoms with van der Waals surface area (Å²) in [5.74, 6) is -0.0999. The number of nitrogens with zero attached hydrogens (tertiary/aromatic N) is 1. The van der Waals surface area contributed by atoms with Crippen LogP contribution < -0.4 is 5.50 Å². The zero-order valence-corrected chi connectivity index (χ0v) is 14.4. The van der Waals surface area contributed by atoms with Gasteiger partial charge in [0.05, 0.1) is 29.5 Å². The number of ether oxygens (including phenoxy) is 1. The number of carbonyl (C=O) groups is 1. The minimum absolute atomic E-state index is 0.00856. The van der Waals surface area contributed by atoms with Crippen LogP contribution in [0.3, 0.4) is 0 Å². The zero-order valence-electron chi connectivity index (χ0n) is 12.6. The Labute approximate surface area is 136 Å². The van der Waals surface area contributed by atoms with Crippen LogP contribution in [0, 0.1) is 12.8 Å². The third kappa shape index (κ3) is 3.55. The van der Waals surface area contributed by atoms with Crippen LogP contribution in [-0.2, 0) is 25.0 Å². The van der Waals surface area contributed by atoms with Crippen LogP contribution in [0.15, 0.2) is 15.9 Å². The lowest BCUT2D eigenvalue weighted by molar-refractivity contribution is -0.142. The van der Waals surface area contributed by atoms with Gasteiger partial charge in [-0.15, -0.1) is 11.3 Å². The highest BCUT2D eigenvalue weighted by Gasteiger charge is 2.36. The first-order chi connectivity index (χ1) is 10.8. The third-order valence-corrected chi connectivity index (χ3v) is 5.53. The number of fused-ring (bicyclic) bond motifs is 2. The molecule has 2 aromatic rings. The molecule has 2 bridgehead atoms. The first kappa shape index (κ1) is 16.4. The maximum absolute atomic E-state index is 12.5. The Morgan fingerprint density at radius 1 is 1.61 bits per heavy atom. The molecule has 0 aliphatic carbocycles. The van der Waals surface area contributed by atoms with Crippen LogP contribution in [0.4, 0.5) is 0 Å². The molecule has 1 N–H and O–H groups in total. The molecule has 7 nitrogen and oxygen atoms in total. The molecule has 23 heavy (non-hydrogen) atoms. The second kappa shape index (κ2) is 6.20. The van der Waals surface area contributed by atoms with E-state index >= 15 is 0 Å². The molecule has 2 unspecified atom stereocenters. The summed E-state index contributed by atoms with van der Waals surface area (Å²) in [5.41, 5.74) is 0.987. The second-order valence-electron chi connectivity index (χ2n) is 5.37. The predicted molar refractivity (Wildman–Crippen MR) is 83.8 cm³/mol. The number of aromatic nitrogens is 1. The Kier molecular flexibility index (Phi) is 4.42. The van der Waals surface area contributed by atoms with Crippen molar-refractivity contribution in [3.63, 3.8) is 0 Å². The topological polar surface area (TPSA) is 98.9 Å². The lowest BCUT2D eigenvalue weighted by Crippen LogP contribution is -2.22. The first-order valence-electron chi connectivity index (χ1n) is 7.01. The predicted octanol–water partition coefficient (Wildman–Crippen LogP) is 2.27. The molecule has 0 fully saturated rings. The van der Waals surface area contributed by atoms with Gasteiger partial charge in [-0.1, -0.05) is 0 Å². The molecule has 0 amide bonds. The van der Waals surface area contributed by atoms with Gasteiger partial charge in [-0.3, -0.25) is 9.36 Å². The van der Waals surface area contributed by atoms with E-state index in [1.54, 1.807) is 6.07 Å². The van der Waals surface area contributed by atoms with Gasteiger partial charge in [0.25, 0.3) is 0 Å². The minimum atomic E-state index is -4.09. The number of thiazole rings is 1. The summed E-state index contributed by atoms with van der Waals surface area (Å²) >= 11 is 1.45. The van der Waals surface area contributed by atoms with E-state index < -0.39 is 13.6 Å². The van der Waals surface area contributed by atoms with Crippen LogP contribution in [0.5, 0.6) is 0 Å². The number of hydrogen-bond acceptors (Lipinski definition) is 7. The van der Waals surface area contributed by atoms with E-state index in [4.69, 9.17) is 13.7 Å². The first-order valence-corrected chi connectivity index (χ1v) is 9.47. The molecule has 0 radical (unpaired) electrons. The van der Waals surface area contributed by atoms with Gasteiger partial charge >= 0.3 is 13.6 Å². The Morgan fingerprint density at radius 3 is 3.04 bits per heavy atom. The molecule has 2 atom stereocenters. The lowest BCUT2D eigenvalue weighted by Gasteiger charge is -2.19. The number of carbonyl (C=O) groups excluding carboxylic acids is 1. The zero-order chi connectivity index (χ0) is 16.6. The minimum Gasteiger partial charge on any atom is -0.465 e. The van der Waals surface area contributed by atoms with E-state index in [0.717, 1.165) is 5.01 Å². The maximum atomic E-state index is 12.5. The number of rotatable bonds is 3. The van der Waals surface area contributed by atoms with E-state index in [9.17, 15) is 14.3 Å². The summed E-state index contributed by atoms with van der Waals surface area (Å²) in [6.45, 7) is 3.29. The van der Waals surface area contributed by atoms with Gasteiger partial charge in [0.2, 0.25) is 5.50 Å². The molecule has 0 saturated carbocycles. The van der Waals surface area contributed by atoms with Crippen LogP contribution in [-0.4, -0.2) is 29.1 Å². The molecule has 9 heteroatoms. The SMILES string of the molecule is CC(=O)OCC1COP(=O)(O)c2oc(cc2-c2csc(C)n2)C1. The van der Waals surface area contributed by atoms with Crippen molar-refractivity contribution in [3.05, 3.63) is 22.2 Å². The third-order valence-electron chi connectivity index (χ3n) is 3.41. The fraction of sp³-hybridized carbons (Fsp3) is 0.429. The molecule has 0 spiro atoms. The summed E-state index contributed by atoms with van der Waals surface area (Å²) < 4.78 is 28.2. The Hall–Kier alpha value is -1.47. The largest absolute Gasteiger partial charge is 0.465 e. The molecular formula is C14H16NO6PS. The van der Waals surface area contributed by atoms with Gasteiger partial charge < -0.3 is 18.6 Å². The van der Waals surface area contributed by atoms with Gasteiger partial charge in [-0.05, 0) is 13.0 Å². The summed E-state index contributed by atoms with van der Waals surface area (Å²) in [4.78, 5) is 25.5. The smallest absolute Gasteiger partial charge is 0.394 e. The summed E-state index contributed by atoms with van der Waals surface area (Å²) in [7, 11) is -4.09. The van der Waals surface area contributed by atoms with Crippen molar-refractivity contribution in [1.29, 1.82) is 0 Å². The molecule has 2 aromatic heterocycles. The molecule has 3 heterocycles. The van der Waals surface area contributed by atoms with Crippen molar-refractivity contribution in [2.45, 2.75) is 20.3 Å². The van der Waals surface area contributed by atoms with E-state index in [1.165, 1.54) is 18.3 Å². The average Bonchev–Trinajstić information content (AvgIpc) is 3.07. The second-order valence-corrected chi connectivity index (χ2v) is 8.14. The summed E-state index contributed by atoms with van der Waals surface area (Å²) in [6, 6.07) is 1.71. The van der Waals surface area contributed by atoms with E-state index in [1.807, 2.05) is 12.3 Å². The van der Waals surface area contributed by atoms with Gasteiger partial charge in [0.15, 0.2) is 0 Å². The fourth-order valence-corrected chi connectivity index (χ4v) is 4.22. The fourth-order valence-electron chi connectivity index (χ4n) is 2.36. The van der Waals surface area contributed by atoms with Crippen molar-refractivity contribution >= 4 is 30.4 Å². The maximum Gasteiger partial charge on any atom is 0.394 e. The van der Waals surface area contributed by atoms with Crippen LogP contribution in [0.2, 0.25) is 0 Å². The highest BCUT2D eigenvalue weighted by atomic mass is 32.1. The van der Waals surface area contributed by atoms with Gasteiger partial charge in [0, 0.05) is 24.6 Å². The van der Waals surface area contributed by atoms with Crippen molar-refractivity contribution in [2.75, 3.05) is 13.2 Å². The van der Waals surface area contributed by atoms with E-state index in [2.05, 4.69) is 4.98 Å². The highest BCUT2D eigenvalue weighted by Crippen LogP contribution is 2.46. The average molecular weight is 357 g/mol.